The monoisotopic (exact) mass is 228 g/mol. The van der Waals surface area contributed by atoms with Gasteiger partial charge < -0.3 is 15.4 Å². The summed E-state index contributed by atoms with van der Waals surface area (Å²) in [6.45, 7) is 5.58. The quantitative estimate of drug-likeness (QED) is 0.785. The summed E-state index contributed by atoms with van der Waals surface area (Å²) in [5.74, 6) is 0.0739. The van der Waals surface area contributed by atoms with E-state index in [9.17, 15) is 4.79 Å². The van der Waals surface area contributed by atoms with Crippen molar-refractivity contribution in [2.45, 2.75) is 51.2 Å². The molecular weight excluding hydrogens is 204 g/mol. The molecule has 0 spiro atoms. The summed E-state index contributed by atoms with van der Waals surface area (Å²) < 4.78 is 5.46. The third-order valence-corrected chi connectivity index (χ3v) is 3.38. The zero-order valence-corrected chi connectivity index (χ0v) is 10.7. The van der Waals surface area contributed by atoms with Crippen molar-refractivity contribution in [2.24, 2.45) is 5.73 Å². The summed E-state index contributed by atoms with van der Waals surface area (Å²) in [6, 6.07) is -0.343. The summed E-state index contributed by atoms with van der Waals surface area (Å²) in [6.07, 6.45) is 3.71. The summed E-state index contributed by atoms with van der Waals surface area (Å²) in [5.41, 5.74) is 5.66. The first-order valence-electron chi connectivity index (χ1n) is 6.12. The topological polar surface area (TPSA) is 55.6 Å². The van der Waals surface area contributed by atoms with E-state index < -0.39 is 0 Å². The van der Waals surface area contributed by atoms with E-state index >= 15 is 0 Å². The second kappa shape index (κ2) is 5.64. The van der Waals surface area contributed by atoms with Crippen LogP contribution in [0.25, 0.3) is 0 Å². The van der Waals surface area contributed by atoms with Crippen LogP contribution in [-0.4, -0.2) is 42.6 Å². The lowest BCUT2D eigenvalue weighted by molar-refractivity contribution is -0.140. The normalized spacial score (nSPS) is 27.9. The Morgan fingerprint density at radius 1 is 1.62 bits per heavy atom. The molecule has 1 fully saturated rings. The molecule has 94 valence electrons. The molecule has 4 heteroatoms. The summed E-state index contributed by atoms with van der Waals surface area (Å²) in [7, 11) is 1.71. The largest absolute Gasteiger partial charge is 0.377 e. The zero-order valence-electron chi connectivity index (χ0n) is 10.7. The maximum Gasteiger partial charge on any atom is 0.239 e. The van der Waals surface area contributed by atoms with E-state index in [4.69, 9.17) is 10.5 Å². The van der Waals surface area contributed by atoms with Crippen LogP contribution in [0.15, 0.2) is 0 Å². The SMILES string of the molecule is CCCC(N)C(=O)N1CCCC(C)(OC)C1. The molecule has 0 aromatic rings. The van der Waals surface area contributed by atoms with Gasteiger partial charge in [-0.05, 0) is 26.2 Å². The van der Waals surface area contributed by atoms with Crippen LogP contribution in [0.3, 0.4) is 0 Å². The van der Waals surface area contributed by atoms with Gasteiger partial charge in [0, 0.05) is 20.2 Å². The molecule has 2 N–H and O–H groups in total. The van der Waals surface area contributed by atoms with Gasteiger partial charge in [-0.15, -0.1) is 0 Å². The molecule has 16 heavy (non-hydrogen) atoms. The highest BCUT2D eigenvalue weighted by Crippen LogP contribution is 2.24. The molecule has 1 rings (SSSR count). The van der Waals surface area contributed by atoms with Crippen molar-refractivity contribution in [3.8, 4) is 0 Å². The fourth-order valence-corrected chi connectivity index (χ4v) is 2.23. The van der Waals surface area contributed by atoms with Crippen molar-refractivity contribution in [2.75, 3.05) is 20.2 Å². The average molecular weight is 228 g/mol. The molecule has 1 aliphatic rings. The lowest BCUT2D eigenvalue weighted by Crippen LogP contribution is -2.53. The first-order chi connectivity index (χ1) is 7.52. The van der Waals surface area contributed by atoms with Crippen LogP contribution in [0, 0.1) is 0 Å². The van der Waals surface area contributed by atoms with Gasteiger partial charge in [-0.25, -0.2) is 0 Å². The number of carbonyl (C=O) groups excluding carboxylic acids is 1. The number of piperidine rings is 1. The minimum Gasteiger partial charge on any atom is -0.377 e. The van der Waals surface area contributed by atoms with Crippen molar-refractivity contribution >= 4 is 5.91 Å². The van der Waals surface area contributed by atoms with Crippen LogP contribution in [0.4, 0.5) is 0 Å². The van der Waals surface area contributed by atoms with E-state index in [2.05, 4.69) is 6.92 Å². The van der Waals surface area contributed by atoms with Crippen LogP contribution >= 0.6 is 0 Å². The van der Waals surface area contributed by atoms with Crippen molar-refractivity contribution < 1.29 is 9.53 Å². The summed E-state index contributed by atoms with van der Waals surface area (Å²) >= 11 is 0. The smallest absolute Gasteiger partial charge is 0.239 e. The van der Waals surface area contributed by atoms with Crippen molar-refractivity contribution in [3.63, 3.8) is 0 Å². The molecule has 1 heterocycles. The number of carbonyl (C=O) groups is 1. The molecule has 1 aliphatic heterocycles. The second-order valence-corrected chi connectivity index (χ2v) is 4.91. The molecule has 0 aromatic carbocycles. The Morgan fingerprint density at radius 2 is 2.31 bits per heavy atom. The van der Waals surface area contributed by atoms with Gasteiger partial charge in [0.05, 0.1) is 11.6 Å². The lowest BCUT2D eigenvalue weighted by atomic mass is 9.94. The summed E-state index contributed by atoms with van der Waals surface area (Å²) in [5, 5.41) is 0. The number of hydrogen-bond donors (Lipinski definition) is 1. The Hall–Kier alpha value is -0.610. The molecule has 0 radical (unpaired) electrons. The van der Waals surface area contributed by atoms with E-state index in [0.717, 1.165) is 32.2 Å². The van der Waals surface area contributed by atoms with E-state index in [1.54, 1.807) is 7.11 Å². The predicted octanol–water partition coefficient (Wildman–Crippen LogP) is 1.14. The van der Waals surface area contributed by atoms with Crippen LogP contribution in [-0.2, 0) is 9.53 Å². The highest BCUT2D eigenvalue weighted by Gasteiger charge is 2.34. The maximum absolute atomic E-state index is 12.0. The highest BCUT2D eigenvalue weighted by molar-refractivity contribution is 5.81. The third-order valence-electron chi connectivity index (χ3n) is 3.38. The summed E-state index contributed by atoms with van der Waals surface area (Å²) in [4.78, 5) is 13.9. The van der Waals surface area contributed by atoms with Crippen molar-refractivity contribution in [1.29, 1.82) is 0 Å². The minimum atomic E-state index is -0.343. The third kappa shape index (κ3) is 3.19. The number of methoxy groups -OCH3 is 1. The lowest BCUT2D eigenvalue weighted by Gasteiger charge is -2.40. The fraction of sp³-hybridized carbons (Fsp3) is 0.917. The second-order valence-electron chi connectivity index (χ2n) is 4.91. The van der Waals surface area contributed by atoms with E-state index in [0.29, 0.717) is 6.54 Å². The van der Waals surface area contributed by atoms with E-state index in [-0.39, 0.29) is 17.6 Å². The number of likely N-dealkylation sites (tertiary alicyclic amines) is 1. The standard InChI is InChI=1S/C12H24N2O2/c1-4-6-10(13)11(15)14-8-5-7-12(2,9-14)16-3/h10H,4-9,13H2,1-3H3. The van der Waals surface area contributed by atoms with Gasteiger partial charge >= 0.3 is 0 Å². The van der Waals surface area contributed by atoms with E-state index in [1.807, 2.05) is 11.8 Å². The number of rotatable bonds is 4. The van der Waals surface area contributed by atoms with Crippen molar-refractivity contribution in [3.05, 3.63) is 0 Å². The molecule has 0 aromatic heterocycles. The van der Waals surface area contributed by atoms with Crippen LogP contribution in [0.2, 0.25) is 0 Å². The van der Waals surface area contributed by atoms with E-state index in [1.165, 1.54) is 0 Å². The number of nitrogens with zero attached hydrogens (tertiary/aromatic N) is 1. The Bertz CT molecular complexity index is 245. The molecule has 0 bridgehead atoms. The van der Waals surface area contributed by atoms with Gasteiger partial charge in [0.25, 0.3) is 0 Å². The Labute approximate surface area is 98.1 Å². The fourth-order valence-electron chi connectivity index (χ4n) is 2.23. The van der Waals surface area contributed by atoms with Gasteiger partial charge in [-0.2, -0.15) is 0 Å². The van der Waals surface area contributed by atoms with Gasteiger partial charge in [-0.1, -0.05) is 13.3 Å². The molecular formula is C12H24N2O2. The Kier molecular flexibility index (Phi) is 4.74. The zero-order chi connectivity index (χ0) is 12.2. The Morgan fingerprint density at radius 3 is 2.88 bits per heavy atom. The first-order valence-corrected chi connectivity index (χ1v) is 6.12. The number of hydrogen-bond acceptors (Lipinski definition) is 3. The number of amides is 1. The maximum atomic E-state index is 12.0. The van der Waals surface area contributed by atoms with Crippen LogP contribution in [0.5, 0.6) is 0 Å². The molecule has 2 unspecified atom stereocenters. The number of ether oxygens (including phenoxy) is 1. The highest BCUT2D eigenvalue weighted by atomic mass is 16.5. The van der Waals surface area contributed by atoms with Gasteiger partial charge in [0.1, 0.15) is 0 Å². The van der Waals surface area contributed by atoms with Gasteiger partial charge in [-0.3, -0.25) is 4.79 Å². The molecule has 2 atom stereocenters. The van der Waals surface area contributed by atoms with Gasteiger partial charge in [0.15, 0.2) is 0 Å². The Balaban J connectivity index is 2.56. The molecule has 1 saturated heterocycles. The molecule has 0 saturated carbocycles. The van der Waals surface area contributed by atoms with Crippen LogP contribution in [0.1, 0.15) is 39.5 Å². The van der Waals surface area contributed by atoms with Crippen molar-refractivity contribution in [1.82, 2.24) is 4.90 Å². The molecule has 1 amide bonds. The predicted molar refractivity (Wildman–Crippen MR) is 64.1 cm³/mol. The molecule has 4 nitrogen and oxygen atoms in total. The first kappa shape index (κ1) is 13.5. The van der Waals surface area contributed by atoms with Gasteiger partial charge in [0.2, 0.25) is 5.91 Å². The minimum absolute atomic E-state index is 0.0739. The van der Waals surface area contributed by atoms with Crippen LogP contribution < -0.4 is 5.73 Å². The molecule has 0 aliphatic carbocycles. The average Bonchev–Trinajstić information content (AvgIpc) is 2.28. The number of nitrogens with two attached hydrogens (primary N) is 1.